The maximum atomic E-state index is 12.3. The van der Waals surface area contributed by atoms with Crippen LogP contribution in [0.4, 0.5) is 0 Å². The molecule has 1 atom stereocenters. The van der Waals surface area contributed by atoms with E-state index in [0.29, 0.717) is 18.7 Å². The number of carbonyl (C=O) groups is 2. The molecule has 9 heteroatoms. The summed E-state index contributed by atoms with van der Waals surface area (Å²) in [5.74, 6) is 2.22. The van der Waals surface area contributed by atoms with Gasteiger partial charge in [-0.15, -0.1) is 0 Å². The van der Waals surface area contributed by atoms with Crippen LogP contribution >= 0.6 is 0 Å². The number of rotatable bonds is 8. The zero-order valence-electron chi connectivity index (χ0n) is 17.5. The van der Waals surface area contributed by atoms with Crippen molar-refractivity contribution in [2.45, 2.75) is 32.7 Å². The number of aromatic nitrogens is 1. The Kier molecular flexibility index (Phi) is 6.44. The van der Waals surface area contributed by atoms with Crippen molar-refractivity contribution in [1.29, 1.82) is 0 Å². The first-order chi connectivity index (χ1) is 14.5. The molecule has 30 heavy (non-hydrogen) atoms. The van der Waals surface area contributed by atoms with Gasteiger partial charge in [0.1, 0.15) is 11.8 Å². The van der Waals surface area contributed by atoms with E-state index in [1.165, 1.54) is 19.1 Å². The van der Waals surface area contributed by atoms with Gasteiger partial charge in [0.25, 0.3) is 0 Å². The topological polar surface area (TPSA) is 99.1 Å². The molecule has 1 N–H and O–H groups in total. The monoisotopic (exact) mass is 415 g/mol. The standard InChI is InChI=1S/C21H25N3O6/c1-5-30-20(27)11-18-21-15(8-9-22-13(2)26)16-10-14(28-3)6-7-17(16)23(21)19(12-25)24(18)29-4/h6-7,10,18H,5,8-9,11H2,1-4H3,(H,22,26). The second-order valence-electron chi connectivity index (χ2n) is 6.77. The molecule has 1 aliphatic rings. The van der Waals surface area contributed by atoms with Crippen molar-refractivity contribution in [2.24, 2.45) is 0 Å². The highest BCUT2D eigenvalue weighted by Crippen LogP contribution is 2.45. The average molecular weight is 415 g/mol. The summed E-state index contributed by atoms with van der Waals surface area (Å²) in [7, 11) is 3.01. The normalized spacial score (nSPS) is 15.1. The Morgan fingerprint density at radius 1 is 1.27 bits per heavy atom. The molecule has 0 bridgehead atoms. The molecule has 1 amide bonds. The van der Waals surface area contributed by atoms with Gasteiger partial charge in [0, 0.05) is 18.9 Å². The van der Waals surface area contributed by atoms with Crippen LogP contribution in [0.5, 0.6) is 5.75 Å². The molecule has 2 heterocycles. The summed E-state index contributed by atoms with van der Waals surface area (Å²) in [6.45, 7) is 3.84. The summed E-state index contributed by atoms with van der Waals surface area (Å²) >= 11 is 0. The van der Waals surface area contributed by atoms with Crippen molar-refractivity contribution in [3.05, 3.63) is 29.5 Å². The Labute approximate surface area is 174 Å². The van der Waals surface area contributed by atoms with Crippen LogP contribution in [0.15, 0.2) is 18.2 Å². The first-order valence-corrected chi connectivity index (χ1v) is 9.66. The largest absolute Gasteiger partial charge is 0.497 e. The molecular formula is C21H25N3O6. The van der Waals surface area contributed by atoms with Gasteiger partial charge in [-0.25, -0.2) is 9.86 Å². The quantitative estimate of drug-likeness (QED) is 0.519. The van der Waals surface area contributed by atoms with E-state index in [-0.39, 0.29) is 24.8 Å². The van der Waals surface area contributed by atoms with E-state index in [9.17, 15) is 14.4 Å². The molecule has 0 radical (unpaired) electrons. The SMILES string of the molecule is CCOC(=O)CC1c2c(CCNC(C)=O)c3cc(OC)ccc3n2C(=C=O)N1OC. The lowest BCUT2D eigenvalue weighted by Crippen LogP contribution is -2.25. The second kappa shape index (κ2) is 9.02. The van der Waals surface area contributed by atoms with Crippen molar-refractivity contribution >= 4 is 34.5 Å². The first kappa shape index (κ1) is 21.4. The molecule has 9 nitrogen and oxygen atoms in total. The van der Waals surface area contributed by atoms with E-state index in [4.69, 9.17) is 14.3 Å². The minimum Gasteiger partial charge on any atom is -0.497 e. The highest BCUT2D eigenvalue weighted by molar-refractivity contribution is 5.95. The van der Waals surface area contributed by atoms with Crippen LogP contribution < -0.4 is 10.1 Å². The molecule has 1 aromatic heterocycles. The Hall–Kier alpha value is -3.29. The smallest absolute Gasteiger partial charge is 0.308 e. The van der Waals surface area contributed by atoms with E-state index >= 15 is 0 Å². The number of ether oxygens (including phenoxy) is 2. The zero-order valence-corrected chi connectivity index (χ0v) is 17.5. The summed E-state index contributed by atoms with van der Waals surface area (Å²) in [5, 5.41) is 5.04. The summed E-state index contributed by atoms with van der Waals surface area (Å²) in [6.07, 6.45) is 0.488. The maximum absolute atomic E-state index is 12.3. The molecule has 0 saturated heterocycles. The van der Waals surface area contributed by atoms with Crippen molar-refractivity contribution < 1.29 is 28.7 Å². The molecule has 2 aromatic rings. The third-order valence-corrected chi connectivity index (χ3v) is 5.04. The van der Waals surface area contributed by atoms with Gasteiger partial charge in [-0.05, 0) is 37.1 Å². The lowest BCUT2D eigenvalue weighted by molar-refractivity contribution is -0.151. The highest BCUT2D eigenvalue weighted by atomic mass is 16.7. The number of fused-ring (bicyclic) bond motifs is 3. The summed E-state index contributed by atoms with van der Waals surface area (Å²) < 4.78 is 12.2. The number of nitrogens with zero attached hydrogens (tertiary/aromatic N) is 2. The van der Waals surface area contributed by atoms with Crippen LogP contribution in [0.2, 0.25) is 0 Å². The number of hydroxylamine groups is 2. The van der Waals surface area contributed by atoms with Crippen molar-refractivity contribution in [2.75, 3.05) is 27.4 Å². The number of benzene rings is 1. The molecule has 1 unspecified atom stereocenters. The van der Waals surface area contributed by atoms with Crippen LogP contribution in [0, 0.1) is 0 Å². The van der Waals surface area contributed by atoms with Crippen molar-refractivity contribution in [1.82, 2.24) is 14.9 Å². The predicted octanol–water partition coefficient (Wildman–Crippen LogP) is 1.83. The second-order valence-corrected chi connectivity index (χ2v) is 6.77. The Balaban J connectivity index is 2.20. The van der Waals surface area contributed by atoms with Gasteiger partial charge in [-0.1, -0.05) is 0 Å². The lowest BCUT2D eigenvalue weighted by atomic mass is 10.0. The zero-order chi connectivity index (χ0) is 21.8. The van der Waals surface area contributed by atoms with Gasteiger partial charge in [0.05, 0.1) is 38.5 Å². The van der Waals surface area contributed by atoms with E-state index in [1.807, 2.05) is 18.1 Å². The molecule has 1 aromatic carbocycles. The fourth-order valence-corrected chi connectivity index (χ4v) is 3.91. The van der Waals surface area contributed by atoms with Gasteiger partial charge >= 0.3 is 5.97 Å². The predicted molar refractivity (Wildman–Crippen MR) is 109 cm³/mol. The Bertz CT molecular complexity index is 1020. The highest BCUT2D eigenvalue weighted by Gasteiger charge is 2.41. The minimum absolute atomic E-state index is 0.00649. The molecule has 0 aliphatic carbocycles. The van der Waals surface area contributed by atoms with E-state index < -0.39 is 12.0 Å². The molecular weight excluding hydrogens is 390 g/mol. The number of amides is 1. The molecule has 0 saturated carbocycles. The molecule has 1 aliphatic heterocycles. The van der Waals surface area contributed by atoms with Crippen LogP contribution in [-0.2, 0) is 30.4 Å². The summed E-state index contributed by atoms with van der Waals surface area (Å²) in [6, 6.07) is 4.95. The fraction of sp³-hybridized carbons (Fsp3) is 0.429. The van der Waals surface area contributed by atoms with E-state index in [0.717, 1.165) is 22.2 Å². The number of hydrogen-bond donors (Lipinski definition) is 1. The minimum atomic E-state index is -0.573. The molecule has 160 valence electrons. The number of methoxy groups -OCH3 is 1. The van der Waals surface area contributed by atoms with Crippen LogP contribution in [-0.4, -0.2) is 54.8 Å². The van der Waals surface area contributed by atoms with Crippen LogP contribution in [0.25, 0.3) is 16.7 Å². The molecule has 0 spiro atoms. The van der Waals surface area contributed by atoms with Gasteiger partial charge < -0.3 is 14.8 Å². The van der Waals surface area contributed by atoms with Crippen LogP contribution in [0.1, 0.15) is 37.6 Å². The van der Waals surface area contributed by atoms with Gasteiger partial charge in [0.2, 0.25) is 11.7 Å². The number of hydrogen-bond acceptors (Lipinski definition) is 7. The Morgan fingerprint density at radius 2 is 2.03 bits per heavy atom. The van der Waals surface area contributed by atoms with Crippen molar-refractivity contribution in [3.63, 3.8) is 0 Å². The maximum Gasteiger partial charge on any atom is 0.308 e. The Morgan fingerprint density at radius 3 is 2.63 bits per heavy atom. The van der Waals surface area contributed by atoms with E-state index in [1.54, 1.807) is 24.7 Å². The van der Waals surface area contributed by atoms with Gasteiger partial charge in [-0.2, -0.15) is 0 Å². The fourth-order valence-electron chi connectivity index (χ4n) is 3.91. The molecule has 3 rings (SSSR count). The summed E-state index contributed by atoms with van der Waals surface area (Å²) in [5.41, 5.74) is 2.38. The van der Waals surface area contributed by atoms with Gasteiger partial charge in [-0.3, -0.25) is 19.0 Å². The van der Waals surface area contributed by atoms with Crippen molar-refractivity contribution in [3.8, 4) is 5.75 Å². The average Bonchev–Trinajstić information content (AvgIpc) is 3.19. The number of esters is 1. The van der Waals surface area contributed by atoms with E-state index in [2.05, 4.69) is 5.32 Å². The summed E-state index contributed by atoms with van der Waals surface area (Å²) in [4.78, 5) is 41.0. The first-order valence-electron chi connectivity index (χ1n) is 9.66. The third-order valence-electron chi connectivity index (χ3n) is 5.04. The van der Waals surface area contributed by atoms with Crippen LogP contribution in [0.3, 0.4) is 0 Å². The number of nitrogens with one attached hydrogen (secondary N) is 1. The number of carbonyl (C=O) groups excluding carboxylic acids is 3. The third kappa shape index (κ3) is 3.77. The lowest BCUT2D eigenvalue weighted by Gasteiger charge is -2.23. The van der Waals surface area contributed by atoms with Gasteiger partial charge in [0.15, 0.2) is 5.94 Å². The molecule has 0 fully saturated rings.